The van der Waals surface area contributed by atoms with Crippen LogP contribution in [0.4, 0.5) is 14.5 Å². The molecule has 0 aliphatic heterocycles. The first-order valence-corrected chi connectivity index (χ1v) is 8.51. The highest BCUT2D eigenvalue weighted by atomic mass is 35.5. The Labute approximate surface area is 164 Å². The fourth-order valence-electron chi connectivity index (χ4n) is 2.17. The van der Waals surface area contributed by atoms with Gasteiger partial charge in [-0.3, -0.25) is 14.4 Å². The van der Waals surface area contributed by atoms with E-state index in [-0.39, 0.29) is 35.1 Å². The number of amides is 1. The van der Waals surface area contributed by atoms with Gasteiger partial charge in [0.1, 0.15) is 5.75 Å². The summed E-state index contributed by atoms with van der Waals surface area (Å²) >= 11 is 5.78. The van der Waals surface area contributed by atoms with Crippen molar-refractivity contribution in [3.05, 3.63) is 59.1 Å². The normalized spacial score (nSPS) is 10.4. The van der Waals surface area contributed by atoms with E-state index in [9.17, 15) is 23.2 Å². The molecule has 6 nitrogen and oxygen atoms in total. The Morgan fingerprint density at radius 2 is 1.75 bits per heavy atom. The van der Waals surface area contributed by atoms with Crippen molar-refractivity contribution in [2.45, 2.75) is 19.5 Å². The average Bonchev–Trinajstić information content (AvgIpc) is 2.67. The quantitative estimate of drug-likeness (QED) is 0.496. The zero-order valence-electron chi connectivity index (χ0n) is 14.5. The Bertz CT molecular complexity index is 845. The van der Waals surface area contributed by atoms with Crippen molar-refractivity contribution in [3.8, 4) is 5.75 Å². The summed E-state index contributed by atoms with van der Waals surface area (Å²) in [5.41, 5.74) is 0.705. The smallest absolute Gasteiger partial charge is 0.387 e. The van der Waals surface area contributed by atoms with Gasteiger partial charge in [-0.05, 0) is 18.2 Å². The Hall–Kier alpha value is -3.00. The largest absolute Gasteiger partial charge is 0.456 e. The monoisotopic (exact) mass is 411 g/mol. The maximum Gasteiger partial charge on any atom is 0.387 e. The van der Waals surface area contributed by atoms with Crippen LogP contribution in [-0.4, -0.2) is 30.9 Å². The number of esters is 1. The van der Waals surface area contributed by atoms with Gasteiger partial charge in [-0.2, -0.15) is 8.78 Å². The van der Waals surface area contributed by atoms with Crippen molar-refractivity contribution in [2.75, 3.05) is 11.9 Å². The van der Waals surface area contributed by atoms with Crippen molar-refractivity contribution >= 4 is 34.9 Å². The number of ether oxygens (including phenoxy) is 2. The lowest BCUT2D eigenvalue weighted by Crippen LogP contribution is -2.21. The van der Waals surface area contributed by atoms with E-state index in [4.69, 9.17) is 16.3 Å². The van der Waals surface area contributed by atoms with Crippen LogP contribution in [0.15, 0.2) is 48.5 Å². The third-order valence-electron chi connectivity index (χ3n) is 3.45. The van der Waals surface area contributed by atoms with Gasteiger partial charge in [0.15, 0.2) is 12.4 Å². The number of rotatable bonds is 9. The van der Waals surface area contributed by atoms with Gasteiger partial charge in [0, 0.05) is 17.7 Å². The van der Waals surface area contributed by atoms with Crippen LogP contribution in [0.25, 0.3) is 0 Å². The number of carbonyl (C=O) groups excluding carboxylic acids is 3. The number of ketones is 1. The van der Waals surface area contributed by atoms with Crippen LogP contribution in [-0.2, 0) is 14.3 Å². The highest BCUT2D eigenvalue weighted by molar-refractivity contribution is 6.32. The molecule has 2 aromatic carbocycles. The summed E-state index contributed by atoms with van der Waals surface area (Å²) in [7, 11) is 0. The molecule has 0 saturated carbocycles. The number of halogens is 3. The maximum absolute atomic E-state index is 12.2. The molecule has 28 heavy (non-hydrogen) atoms. The van der Waals surface area contributed by atoms with Crippen LogP contribution in [0, 0.1) is 0 Å². The van der Waals surface area contributed by atoms with E-state index in [2.05, 4.69) is 10.1 Å². The first-order valence-electron chi connectivity index (χ1n) is 8.13. The molecule has 0 aromatic heterocycles. The van der Waals surface area contributed by atoms with Crippen molar-refractivity contribution in [1.82, 2.24) is 0 Å². The molecule has 0 radical (unpaired) electrons. The Morgan fingerprint density at radius 1 is 1.04 bits per heavy atom. The van der Waals surface area contributed by atoms with Crippen molar-refractivity contribution in [3.63, 3.8) is 0 Å². The molecule has 1 amide bonds. The minimum Gasteiger partial charge on any atom is -0.456 e. The number of hydrogen-bond donors (Lipinski definition) is 1. The second-order valence-electron chi connectivity index (χ2n) is 5.52. The zero-order valence-corrected chi connectivity index (χ0v) is 15.2. The molecule has 0 bridgehead atoms. The molecule has 0 spiro atoms. The van der Waals surface area contributed by atoms with Crippen LogP contribution in [0.1, 0.15) is 23.2 Å². The highest BCUT2D eigenvalue weighted by Crippen LogP contribution is 2.28. The molecule has 0 fully saturated rings. The van der Waals surface area contributed by atoms with Crippen LogP contribution < -0.4 is 10.1 Å². The standard InChI is InChI=1S/C19H16ClF2NO5/c20-14-10-13(6-8-16(14)28-19(21)22)23-17(25)11-27-18(26)9-7-15(24)12-4-2-1-3-5-12/h1-6,8,10,19H,7,9,11H2,(H,23,25). The molecular formula is C19H16ClF2NO5. The van der Waals surface area contributed by atoms with Crippen molar-refractivity contribution in [1.29, 1.82) is 0 Å². The second-order valence-corrected chi connectivity index (χ2v) is 5.93. The van der Waals surface area contributed by atoms with Gasteiger partial charge >= 0.3 is 12.6 Å². The fourth-order valence-corrected chi connectivity index (χ4v) is 2.39. The molecule has 9 heteroatoms. The van der Waals surface area contributed by atoms with Crippen molar-refractivity contribution in [2.24, 2.45) is 0 Å². The average molecular weight is 412 g/mol. The zero-order chi connectivity index (χ0) is 20.5. The van der Waals surface area contributed by atoms with Gasteiger partial charge < -0.3 is 14.8 Å². The van der Waals surface area contributed by atoms with Gasteiger partial charge in [-0.15, -0.1) is 0 Å². The molecule has 1 N–H and O–H groups in total. The van der Waals surface area contributed by atoms with Crippen LogP contribution >= 0.6 is 11.6 Å². The molecule has 0 aliphatic rings. The molecule has 0 unspecified atom stereocenters. The van der Waals surface area contributed by atoms with E-state index in [1.807, 2.05) is 0 Å². The predicted octanol–water partition coefficient (Wildman–Crippen LogP) is 4.09. The molecule has 0 saturated heterocycles. The summed E-state index contributed by atoms with van der Waals surface area (Å²) in [6, 6.07) is 12.2. The van der Waals surface area contributed by atoms with E-state index in [0.29, 0.717) is 5.56 Å². The lowest BCUT2D eigenvalue weighted by atomic mass is 10.1. The predicted molar refractivity (Wildman–Crippen MR) is 97.7 cm³/mol. The number of hydrogen-bond acceptors (Lipinski definition) is 5. The summed E-state index contributed by atoms with van der Waals surface area (Å²) in [4.78, 5) is 35.4. The number of anilines is 1. The molecule has 2 rings (SSSR count). The summed E-state index contributed by atoms with van der Waals surface area (Å²) in [6.07, 6.45) is -0.196. The first kappa shape index (κ1) is 21.3. The fraction of sp³-hybridized carbons (Fsp3) is 0.211. The number of alkyl halides is 2. The van der Waals surface area contributed by atoms with Crippen LogP contribution in [0.3, 0.4) is 0 Å². The molecule has 0 atom stereocenters. The second kappa shape index (κ2) is 10.4. The third kappa shape index (κ3) is 6.96. The van der Waals surface area contributed by atoms with Gasteiger partial charge in [-0.1, -0.05) is 41.9 Å². The molecule has 0 aliphatic carbocycles. The lowest BCUT2D eigenvalue weighted by molar-refractivity contribution is -0.147. The topological polar surface area (TPSA) is 81.7 Å². The van der Waals surface area contributed by atoms with Gasteiger partial charge in [0.25, 0.3) is 5.91 Å². The van der Waals surface area contributed by atoms with Crippen LogP contribution in [0.5, 0.6) is 5.75 Å². The summed E-state index contributed by atoms with van der Waals surface area (Å²) < 4.78 is 33.3. The van der Waals surface area contributed by atoms with E-state index in [1.165, 1.54) is 18.2 Å². The van der Waals surface area contributed by atoms with Gasteiger partial charge in [0.05, 0.1) is 11.4 Å². The minimum absolute atomic E-state index is 0.0360. The summed E-state index contributed by atoms with van der Waals surface area (Å²) in [6.45, 7) is -3.59. The number of nitrogens with one attached hydrogen (secondary N) is 1. The first-order chi connectivity index (χ1) is 13.3. The number of benzene rings is 2. The van der Waals surface area contributed by atoms with Gasteiger partial charge in [-0.25, -0.2) is 0 Å². The Kier molecular flexibility index (Phi) is 7.88. The van der Waals surface area contributed by atoms with Gasteiger partial charge in [0.2, 0.25) is 0 Å². The minimum atomic E-state index is -3.02. The van der Waals surface area contributed by atoms with E-state index in [0.717, 1.165) is 0 Å². The Morgan fingerprint density at radius 3 is 2.39 bits per heavy atom. The SMILES string of the molecule is O=C(COC(=O)CCC(=O)c1ccccc1)Nc1ccc(OC(F)F)c(Cl)c1. The molecule has 2 aromatic rings. The van der Waals surface area contributed by atoms with E-state index >= 15 is 0 Å². The lowest BCUT2D eigenvalue weighted by Gasteiger charge is -2.10. The molecular weight excluding hydrogens is 396 g/mol. The number of carbonyl (C=O) groups is 3. The summed E-state index contributed by atoms with van der Waals surface area (Å²) in [5.74, 6) is -1.79. The maximum atomic E-state index is 12.2. The molecule has 148 valence electrons. The Balaban J connectivity index is 1.75. The number of Topliss-reactive ketones (excluding diaryl/α,β-unsaturated/α-hetero) is 1. The molecule has 0 heterocycles. The van der Waals surface area contributed by atoms with Crippen molar-refractivity contribution < 1.29 is 32.6 Å². The van der Waals surface area contributed by atoms with Crippen LogP contribution in [0.2, 0.25) is 5.02 Å². The van der Waals surface area contributed by atoms with E-state index < -0.39 is 25.1 Å². The van der Waals surface area contributed by atoms with E-state index in [1.54, 1.807) is 30.3 Å². The summed E-state index contributed by atoms with van der Waals surface area (Å²) in [5, 5.41) is 2.28. The third-order valence-corrected chi connectivity index (χ3v) is 3.74. The highest BCUT2D eigenvalue weighted by Gasteiger charge is 2.13.